The Morgan fingerprint density at radius 3 is 2.65 bits per heavy atom. The molecule has 104 valence electrons. The van der Waals surface area contributed by atoms with Gasteiger partial charge in [-0.2, -0.15) is 0 Å². The molecule has 0 aliphatic rings. The van der Waals surface area contributed by atoms with Crippen molar-refractivity contribution in [2.45, 2.75) is 19.8 Å². The van der Waals surface area contributed by atoms with E-state index in [1.807, 2.05) is 6.07 Å². The topological polar surface area (TPSA) is 55.1 Å². The van der Waals surface area contributed by atoms with E-state index in [1.54, 1.807) is 44.2 Å². The van der Waals surface area contributed by atoms with Crippen molar-refractivity contribution in [1.82, 2.24) is 0 Å². The first kappa shape index (κ1) is 14.1. The van der Waals surface area contributed by atoms with E-state index in [-0.39, 0.29) is 17.6 Å². The van der Waals surface area contributed by atoms with Gasteiger partial charge in [0.15, 0.2) is 0 Å². The normalized spacial score (nSPS) is 11.9. The highest BCUT2D eigenvalue weighted by Gasteiger charge is 2.15. The first-order valence-corrected chi connectivity index (χ1v) is 6.40. The predicted octanol–water partition coefficient (Wildman–Crippen LogP) is 3.46. The van der Waals surface area contributed by atoms with Crippen LogP contribution >= 0.6 is 0 Å². The number of nitrogens with two attached hydrogens (primary N) is 1. The van der Waals surface area contributed by atoms with E-state index in [2.05, 4.69) is 5.32 Å². The summed E-state index contributed by atoms with van der Waals surface area (Å²) in [5, 5.41) is 2.71. The number of carbonyl (C=O) groups excluding carboxylic acids is 1. The van der Waals surface area contributed by atoms with Crippen molar-refractivity contribution in [3.8, 4) is 0 Å². The Kier molecular flexibility index (Phi) is 4.03. The first-order valence-electron chi connectivity index (χ1n) is 6.40. The van der Waals surface area contributed by atoms with Gasteiger partial charge in [-0.3, -0.25) is 4.79 Å². The van der Waals surface area contributed by atoms with Crippen LogP contribution in [0.25, 0.3) is 0 Å². The van der Waals surface area contributed by atoms with Crippen LogP contribution in [0.15, 0.2) is 42.5 Å². The fourth-order valence-corrected chi connectivity index (χ4v) is 1.90. The van der Waals surface area contributed by atoms with Crippen molar-refractivity contribution in [3.63, 3.8) is 0 Å². The van der Waals surface area contributed by atoms with Gasteiger partial charge in [-0.05, 0) is 49.2 Å². The fourth-order valence-electron chi connectivity index (χ4n) is 1.90. The highest BCUT2D eigenvalue weighted by molar-refractivity contribution is 5.95. The molecule has 0 aliphatic heterocycles. The molecule has 3 N–H and O–H groups in total. The van der Waals surface area contributed by atoms with Gasteiger partial charge in [0.05, 0.1) is 5.92 Å². The van der Waals surface area contributed by atoms with E-state index >= 15 is 0 Å². The predicted molar refractivity (Wildman–Crippen MR) is 79.0 cm³/mol. The van der Waals surface area contributed by atoms with Crippen LogP contribution in [0.4, 0.5) is 15.8 Å². The van der Waals surface area contributed by atoms with E-state index in [1.165, 1.54) is 6.07 Å². The number of hydrogen-bond acceptors (Lipinski definition) is 2. The van der Waals surface area contributed by atoms with Gasteiger partial charge in [0.1, 0.15) is 5.82 Å². The standard InChI is InChI=1S/C16H17FN2O/c1-10-6-7-14(9-15(10)17)19-16(20)11(2)12-4-3-5-13(18)8-12/h3-9,11H,18H2,1-2H3,(H,19,20). The maximum Gasteiger partial charge on any atom is 0.231 e. The van der Waals surface area contributed by atoms with Crippen LogP contribution < -0.4 is 11.1 Å². The number of aryl methyl sites for hydroxylation is 1. The molecule has 1 amide bonds. The van der Waals surface area contributed by atoms with Crippen molar-refractivity contribution in [1.29, 1.82) is 0 Å². The Labute approximate surface area is 117 Å². The van der Waals surface area contributed by atoms with Crippen molar-refractivity contribution in [2.24, 2.45) is 0 Å². The number of nitrogens with one attached hydrogen (secondary N) is 1. The number of halogens is 1. The minimum Gasteiger partial charge on any atom is -0.399 e. The number of rotatable bonds is 3. The molecule has 4 heteroatoms. The molecule has 2 aromatic carbocycles. The monoisotopic (exact) mass is 272 g/mol. The number of amides is 1. The second-order valence-electron chi connectivity index (χ2n) is 4.85. The number of hydrogen-bond donors (Lipinski definition) is 2. The highest BCUT2D eigenvalue weighted by Crippen LogP contribution is 2.20. The second-order valence-corrected chi connectivity index (χ2v) is 4.85. The van der Waals surface area contributed by atoms with Crippen LogP contribution in [0.1, 0.15) is 24.0 Å². The van der Waals surface area contributed by atoms with Crippen LogP contribution in [0.5, 0.6) is 0 Å². The number of nitrogen functional groups attached to an aromatic ring is 1. The van der Waals surface area contributed by atoms with Crippen molar-refractivity contribution in [2.75, 3.05) is 11.1 Å². The maximum atomic E-state index is 13.4. The lowest BCUT2D eigenvalue weighted by atomic mass is 9.99. The summed E-state index contributed by atoms with van der Waals surface area (Å²) in [7, 11) is 0. The second kappa shape index (κ2) is 5.74. The summed E-state index contributed by atoms with van der Waals surface area (Å²) >= 11 is 0. The summed E-state index contributed by atoms with van der Waals surface area (Å²) in [5.74, 6) is -0.888. The van der Waals surface area contributed by atoms with Crippen LogP contribution in [0.2, 0.25) is 0 Å². The lowest BCUT2D eigenvalue weighted by Gasteiger charge is -2.13. The smallest absolute Gasteiger partial charge is 0.231 e. The first-order chi connectivity index (χ1) is 9.47. The van der Waals surface area contributed by atoms with Crippen molar-refractivity contribution in [3.05, 3.63) is 59.4 Å². The van der Waals surface area contributed by atoms with Crippen molar-refractivity contribution >= 4 is 17.3 Å². The zero-order chi connectivity index (χ0) is 14.7. The quantitative estimate of drug-likeness (QED) is 0.841. The van der Waals surface area contributed by atoms with Crippen LogP contribution in [-0.4, -0.2) is 5.91 Å². The molecule has 1 atom stereocenters. The molecule has 20 heavy (non-hydrogen) atoms. The minimum atomic E-state index is -0.358. The molecule has 0 spiro atoms. The van der Waals surface area contributed by atoms with Gasteiger partial charge in [0, 0.05) is 11.4 Å². The van der Waals surface area contributed by atoms with Gasteiger partial charge in [0.2, 0.25) is 5.91 Å². The lowest BCUT2D eigenvalue weighted by Crippen LogP contribution is -2.19. The summed E-state index contributed by atoms with van der Waals surface area (Å²) < 4.78 is 13.4. The van der Waals surface area contributed by atoms with Gasteiger partial charge < -0.3 is 11.1 Å². The van der Waals surface area contributed by atoms with Crippen LogP contribution in [-0.2, 0) is 4.79 Å². The molecule has 2 rings (SSSR count). The molecule has 0 saturated carbocycles. The Bertz CT molecular complexity index is 640. The third-order valence-corrected chi connectivity index (χ3v) is 3.24. The molecule has 0 aromatic heterocycles. The van der Waals surface area contributed by atoms with Crippen LogP contribution in [0, 0.1) is 12.7 Å². The molecule has 3 nitrogen and oxygen atoms in total. The summed E-state index contributed by atoms with van der Waals surface area (Å²) in [6.07, 6.45) is 0. The molecule has 2 aromatic rings. The van der Waals surface area contributed by atoms with Gasteiger partial charge in [0.25, 0.3) is 0 Å². The molecular weight excluding hydrogens is 255 g/mol. The summed E-state index contributed by atoms with van der Waals surface area (Å²) in [4.78, 5) is 12.1. The third kappa shape index (κ3) is 3.15. The number of benzene rings is 2. The molecule has 0 radical (unpaired) electrons. The SMILES string of the molecule is Cc1ccc(NC(=O)C(C)c2cccc(N)c2)cc1F. The van der Waals surface area contributed by atoms with E-state index in [4.69, 9.17) is 5.73 Å². The number of anilines is 2. The van der Waals surface area contributed by atoms with Gasteiger partial charge in [-0.1, -0.05) is 18.2 Å². The summed E-state index contributed by atoms with van der Waals surface area (Å²) in [6, 6.07) is 11.8. The van der Waals surface area contributed by atoms with Gasteiger partial charge >= 0.3 is 0 Å². The Morgan fingerprint density at radius 2 is 2.00 bits per heavy atom. The van der Waals surface area contributed by atoms with E-state index in [0.717, 1.165) is 5.56 Å². The van der Waals surface area contributed by atoms with Gasteiger partial charge in [-0.25, -0.2) is 4.39 Å². The van der Waals surface area contributed by atoms with Gasteiger partial charge in [-0.15, -0.1) is 0 Å². The number of carbonyl (C=O) groups is 1. The maximum absolute atomic E-state index is 13.4. The molecular formula is C16H17FN2O. The zero-order valence-corrected chi connectivity index (χ0v) is 11.5. The average Bonchev–Trinajstić information content (AvgIpc) is 2.42. The van der Waals surface area contributed by atoms with Crippen molar-refractivity contribution < 1.29 is 9.18 Å². The van der Waals surface area contributed by atoms with E-state index < -0.39 is 0 Å². The molecule has 1 unspecified atom stereocenters. The largest absolute Gasteiger partial charge is 0.399 e. The highest BCUT2D eigenvalue weighted by atomic mass is 19.1. The lowest BCUT2D eigenvalue weighted by molar-refractivity contribution is -0.117. The third-order valence-electron chi connectivity index (χ3n) is 3.24. The summed E-state index contributed by atoms with van der Waals surface area (Å²) in [5.41, 5.74) is 8.15. The molecule has 0 bridgehead atoms. The zero-order valence-electron chi connectivity index (χ0n) is 11.5. The molecule has 0 heterocycles. The molecule has 0 saturated heterocycles. The van der Waals surface area contributed by atoms with Crippen LogP contribution in [0.3, 0.4) is 0 Å². The molecule has 0 aliphatic carbocycles. The Hall–Kier alpha value is -2.36. The Morgan fingerprint density at radius 1 is 1.25 bits per heavy atom. The average molecular weight is 272 g/mol. The summed E-state index contributed by atoms with van der Waals surface area (Å²) in [6.45, 7) is 3.46. The fraction of sp³-hybridized carbons (Fsp3) is 0.188. The van der Waals surface area contributed by atoms with E-state index in [0.29, 0.717) is 16.9 Å². The minimum absolute atomic E-state index is 0.196. The Balaban J connectivity index is 2.13. The van der Waals surface area contributed by atoms with E-state index in [9.17, 15) is 9.18 Å². The molecule has 0 fully saturated rings.